The number of nitrogens with zero attached hydrogens (tertiary/aromatic N) is 3. The van der Waals surface area contributed by atoms with E-state index in [1.165, 1.54) is 11.3 Å². The number of thiazole rings is 1. The lowest BCUT2D eigenvalue weighted by Gasteiger charge is -2.37. The van der Waals surface area contributed by atoms with Crippen molar-refractivity contribution in [3.63, 3.8) is 0 Å². The number of aryl methyl sites for hydroxylation is 1. The van der Waals surface area contributed by atoms with E-state index in [2.05, 4.69) is 14.8 Å². The second-order valence-corrected chi connectivity index (χ2v) is 8.52. The lowest BCUT2D eigenvalue weighted by atomic mass is 9.90. The molecule has 1 unspecified atom stereocenters. The Morgan fingerprint density at radius 3 is 2.10 bits per heavy atom. The molecule has 0 aromatic carbocycles. The monoisotopic (exact) mass is 461 g/mol. The Kier molecular flexibility index (Phi) is 12.0. The Labute approximate surface area is 184 Å². The lowest BCUT2D eigenvalue weighted by Crippen LogP contribution is -2.45. The van der Waals surface area contributed by atoms with E-state index in [0.29, 0.717) is 6.54 Å². The highest BCUT2D eigenvalue weighted by Gasteiger charge is 2.29. The number of aromatic nitrogens is 1. The van der Waals surface area contributed by atoms with E-state index < -0.39 is 5.97 Å². The van der Waals surface area contributed by atoms with Crippen LogP contribution in [0.5, 0.6) is 0 Å². The van der Waals surface area contributed by atoms with E-state index in [1.807, 2.05) is 0 Å². The van der Waals surface area contributed by atoms with E-state index in [9.17, 15) is 15.0 Å². The van der Waals surface area contributed by atoms with Crippen LogP contribution in [0.25, 0.3) is 0 Å². The average molecular weight is 462 g/mol. The molecule has 0 amide bonds. The number of β-amino-alcohol motifs (C(OH)–C–C–N with tert-alkyl or cyclic N) is 1. The van der Waals surface area contributed by atoms with E-state index in [0.717, 1.165) is 61.9 Å². The van der Waals surface area contributed by atoms with E-state index in [1.54, 1.807) is 6.92 Å². The molecule has 1 atom stereocenters. The van der Waals surface area contributed by atoms with Crippen LogP contribution in [0.4, 0.5) is 5.13 Å². The molecule has 0 spiro atoms. The number of carboxylic acids is 1. The molecule has 2 saturated heterocycles. The Balaban J connectivity index is 0.000000720. The van der Waals surface area contributed by atoms with Crippen molar-refractivity contribution in [2.24, 2.45) is 5.92 Å². The smallest absolute Gasteiger partial charge is 0.355 e. The first kappa shape index (κ1) is 26.8. The topological polar surface area (TPSA) is 172 Å². The first-order valence-corrected chi connectivity index (χ1v) is 10.8. The van der Waals surface area contributed by atoms with Crippen LogP contribution in [0.15, 0.2) is 0 Å². The number of carbonyl (C=O) groups is 3. The van der Waals surface area contributed by atoms with Gasteiger partial charge in [-0.05, 0) is 38.5 Å². The maximum atomic E-state index is 11.1. The summed E-state index contributed by atoms with van der Waals surface area (Å²) in [5.74, 6) is -0.708. The van der Waals surface area contributed by atoms with Gasteiger partial charge < -0.3 is 35.3 Å². The fourth-order valence-electron chi connectivity index (χ4n) is 3.71. The number of piperidine rings is 2. The van der Waals surface area contributed by atoms with Gasteiger partial charge in [0.25, 0.3) is 12.9 Å². The van der Waals surface area contributed by atoms with Gasteiger partial charge in [-0.2, -0.15) is 0 Å². The third-order valence-corrected chi connectivity index (χ3v) is 6.38. The minimum atomic E-state index is -0.975. The average Bonchev–Trinajstić information content (AvgIpc) is 3.13. The largest absolute Gasteiger partial charge is 0.483 e. The summed E-state index contributed by atoms with van der Waals surface area (Å²) in [7, 11) is 0. The predicted octanol–water partition coefficient (Wildman–Crippen LogP) is 0.585. The summed E-state index contributed by atoms with van der Waals surface area (Å²) in [6.07, 6.45) is 2.83. The molecule has 1 aromatic heterocycles. The third-order valence-electron chi connectivity index (χ3n) is 5.34. The second-order valence-electron chi connectivity index (χ2n) is 7.34. The number of aliphatic hydroxyl groups is 2. The summed E-state index contributed by atoms with van der Waals surface area (Å²) in [4.78, 5) is 37.2. The maximum Gasteiger partial charge on any atom is 0.355 e. The first-order valence-electron chi connectivity index (χ1n) is 9.97. The van der Waals surface area contributed by atoms with Gasteiger partial charge in [0.15, 0.2) is 10.8 Å². The van der Waals surface area contributed by atoms with Crippen molar-refractivity contribution in [3.8, 4) is 0 Å². The van der Waals surface area contributed by atoms with Gasteiger partial charge in [0.05, 0.1) is 12.2 Å². The van der Waals surface area contributed by atoms with Gasteiger partial charge in [0.1, 0.15) is 0 Å². The molecule has 3 heterocycles. The number of aliphatic hydroxyl groups excluding tert-OH is 2. The van der Waals surface area contributed by atoms with Crippen molar-refractivity contribution in [1.82, 2.24) is 9.88 Å². The summed E-state index contributed by atoms with van der Waals surface area (Å²) < 4.78 is 0. The molecular weight excluding hydrogens is 430 g/mol. The molecular formula is C19H31N3O8S. The molecule has 11 nitrogen and oxygen atoms in total. The van der Waals surface area contributed by atoms with Crippen LogP contribution in [-0.4, -0.2) is 99.3 Å². The highest BCUT2D eigenvalue weighted by molar-refractivity contribution is 7.15. The third kappa shape index (κ3) is 8.77. The Morgan fingerprint density at radius 1 is 1.13 bits per heavy atom. The van der Waals surface area contributed by atoms with Gasteiger partial charge in [0.2, 0.25) is 0 Å². The zero-order valence-electron chi connectivity index (χ0n) is 17.5. The van der Waals surface area contributed by atoms with Crippen molar-refractivity contribution < 1.29 is 39.9 Å². The SMILES string of the molecule is Cc1sc(N2CCC(C(O)CN3CCC(O)CC3)CC2)nc1C(=O)O.O=CO.O=CO. The quantitative estimate of drug-likeness (QED) is 0.388. The van der Waals surface area contributed by atoms with E-state index in [4.69, 9.17) is 24.9 Å². The van der Waals surface area contributed by atoms with E-state index >= 15 is 0 Å². The number of carboxylic acid groups (broad SMARTS) is 3. The molecule has 0 bridgehead atoms. The maximum absolute atomic E-state index is 11.1. The summed E-state index contributed by atoms with van der Waals surface area (Å²) in [5.41, 5.74) is 0.148. The first-order chi connectivity index (χ1) is 14.8. The van der Waals surface area contributed by atoms with E-state index in [-0.39, 0.29) is 36.8 Å². The highest BCUT2D eigenvalue weighted by atomic mass is 32.1. The Hall–Kier alpha value is -2.28. The number of likely N-dealkylation sites (tertiary alicyclic amines) is 1. The highest BCUT2D eigenvalue weighted by Crippen LogP contribution is 2.30. The number of rotatable bonds is 5. The van der Waals surface area contributed by atoms with Crippen LogP contribution < -0.4 is 4.90 Å². The van der Waals surface area contributed by atoms with Crippen molar-refractivity contribution in [2.75, 3.05) is 37.6 Å². The lowest BCUT2D eigenvalue weighted by molar-refractivity contribution is -0.123. The molecule has 1 aromatic rings. The van der Waals surface area contributed by atoms with Crippen molar-refractivity contribution >= 4 is 35.4 Å². The standard InChI is InChI=1S/C17H27N3O4S.2CH2O2/c1-11-15(16(23)24)18-17(25-11)20-8-2-12(3-9-20)14(22)10-19-6-4-13(21)5-7-19;2*2-1-3/h12-14,21-22H,2-10H2,1H3,(H,23,24);2*1H,(H,2,3). The normalized spacial score (nSPS) is 18.7. The summed E-state index contributed by atoms with van der Waals surface area (Å²) in [6, 6.07) is 0. The van der Waals surface area contributed by atoms with Gasteiger partial charge in [-0.3, -0.25) is 9.59 Å². The van der Waals surface area contributed by atoms with Gasteiger partial charge >= 0.3 is 5.97 Å². The van der Waals surface area contributed by atoms with Crippen LogP contribution in [0.1, 0.15) is 41.0 Å². The van der Waals surface area contributed by atoms with Crippen molar-refractivity contribution in [3.05, 3.63) is 10.6 Å². The molecule has 2 aliphatic rings. The zero-order chi connectivity index (χ0) is 23.4. The van der Waals surface area contributed by atoms with Gasteiger partial charge in [-0.25, -0.2) is 9.78 Å². The number of aromatic carboxylic acids is 1. The van der Waals surface area contributed by atoms with Crippen LogP contribution in [0.3, 0.4) is 0 Å². The van der Waals surface area contributed by atoms with Crippen LogP contribution >= 0.6 is 11.3 Å². The van der Waals surface area contributed by atoms with Gasteiger partial charge in [-0.15, -0.1) is 11.3 Å². The summed E-state index contributed by atoms with van der Waals surface area (Å²) in [6.45, 7) is 5.27. The molecule has 31 heavy (non-hydrogen) atoms. The molecule has 3 rings (SSSR count). The number of anilines is 1. The minimum Gasteiger partial charge on any atom is -0.483 e. The zero-order valence-corrected chi connectivity index (χ0v) is 18.3. The fraction of sp³-hybridized carbons (Fsp3) is 0.684. The molecule has 0 saturated carbocycles. The van der Waals surface area contributed by atoms with Crippen molar-refractivity contribution in [1.29, 1.82) is 0 Å². The molecule has 0 aliphatic carbocycles. The molecule has 2 aliphatic heterocycles. The number of hydrogen-bond acceptors (Lipinski definition) is 9. The molecule has 5 N–H and O–H groups in total. The Bertz CT molecular complexity index is 680. The van der Waals surface area contributed by atoms with Crippen LogP contribution in [-0.2, 0) is 9.59 Å². The fourth-order valence-corrected chi connectivity index (χ4v) is 4.66. The molecule has 176 valence electrons. The summed E-state index contributed by atoms with van der Waals surface area (Å²) in [5, 5.41) is 43.8. The summed E-state index contributed by atoms with van der Waals surface area (Å²) >= 11 is 1.43. The second kappa shape index (κ2) is 13.9. The van der Waals surface area contributed by atoms with Gasteiger partial charge in [0, 0.05) is 37.6 Å². The Morgan fingerprint density at radius 2 is 1.65 bits per heavy atom. The predicted molar refractivity (Wildman–Crippen MR) is 114 cm³/mol. The van der Waals surface area contributed by atoms with Crippen molar-refractivity contribution in [2.45, 2.75) is 44.8 Å². The minimum absolute atomic E-state index is 0.148. The number of hydrogen-bond donors (Lipinski definition) is 5. The van der Waals surface area contributed by atoms with Crippen LogP contribution in [0, 0.1) is 12.8 Å². The molecule has 12 heteroatoms. The molecule has 2 fully saturated rings. The molecule has 0 radical (unpaired) electrons. The van der Waals surface area contributed by atoms with Crippen LogP contribution in [0.2, 0.25) is 0 Å². The van der Waals surface area contributed by atoms with Gasteiger partial charge in [-0.1, -0.05) is 0 Å².